The molecule has 2 amide bonds. The Labute approximate surface area is 204 Å². The van der Waals surface area contributed by atoms with Gasteiger partial charge >= 0.3 is 5.97 Å². The minimum atomic E-state index is -0.636. The highest BCUT2D eigenvalue weighted by molar-refractivity contribution is 6.09. The number of allylic oxidation sites excluding steroid dienone is 2. The van der Waals surface area contributed by atoms with Crippen molar-refractivity contribution in [3.63, 3.8) is 0 Å². The molecular formula is C27H28N2O6. The molecule has 182 valence electrons. The average Bonchev–Trinajstić information content (AvgIpc) is 2.80. The number of esters is 1. The number of aliphatic hydroxyl groups is 1. The fourth-order valence-electron chi connectivity index (χ4n) is 2.97. The molecule has 2 aromatic carbocycles. The van der Waals surface area contributed by atoms with Crippen LogP contribution in [0.4, 0.5) is 11.4 Å². The van der Waals surface area contributed by atoms with E-state index in [4.69, 9.17) is 4.74 Å². The minimum absolute atomic E-state index is 0.110. The van der Waals surface area contributed by atoms with E-state index in [1.807, 2.05) is 0 Å². The number of benzene rings is 2. The number of hydrogen-bond donors (Lipinski definition) is 3. The normalized spacial score (nSPS) is 11.7. The van der Waals surface area contributed by atoms with E-state index in [0.29, 0.717) is 22.5 Å². The summed E-state index contributed by atoms with van der Waals surface area (Å²) in [4.78, 5) is 47.1. The summed E-state index contributed by atoms with van der Waals surface area (Å²) in [5.41, 5.74) is 2.54. The SMILES string of the molecule is CCOC(=O)C/C(C(=O)/C=C/c1ccc(NC(C)=O)cc1)=C(O)\C=C\c1ccc(NC(C)=O)cc1. The highest BCUT2D eigenvalue weighted by Gasteiger charge is 2.17. The fraction of sp³-hybridized carbons (Fsp3) is 0.185. The van der Waals surface area contributed by atoms with Gasteiger partial charge in [-0.25, -0.2) is 0 Å². The number of nitrogens with one attached hydrogen (secondary N) is 2. The monoisotopic (exact) mass is 476 g/mol. The van der Waals surface area contributed by atoms with Crippen LogP contribution < -0.4 is 10.6 Å². The van der Waals surface area contributed by atoms with E-state index >= 15 is 0 Å². The van der Waals surface area contributed by atoms with Crippen molar-refractivity contribution >= 4 is 47.1 Å². The summed E-state index contributed by atoms with van der Waals surface area (Å²) >= 11 is 0. The van der Waals surface area contributed by atoms with Crippen LogP contribution >= 0.6 is 0 Å². The minimum Gasteiger partial charge on any atom is -0.508 e. The second-order valence-corrected chi connectivity index (χ2v) is 7.48. The van der Waals surface area contributed by atoms with Crippen molar-refractivity contribution in [2.24, 2.45) is 0 Å². The smallest absolute Gasteiger partial charge is 0.310 e. The Morgan fingerprint density at radius 3 is 1.69 bits per heavy atom. The number of carbonyl (C=O) groups excluding carboxylic acids is 4. The van der Waals surface area contributed by atoms with Crippen molar-refractivity contribution in [2.75, 3.05) is 17.2 Å². The van der Waals surface area contributed by atoms with Gasteiger partial charge in [0.1, 0.15) is 5.76 Å². The van der Waals surface area contributed by atoms with E-state index in [1.54, 1.807) is 67.6 Å². The Balaban J connectivity index is 2.23. The molecule has 0 unspecified atom stereocenters. The van der Waals surface area contributed by atoms with Crippen LogP contribution in [0.3, 0.4) is 0 Å². The van der Waals surface area contributed by atoms with Gasteiger partial charge in [0.05, 0.1) is 18.6 Å². The molecule has 3 N–H and O–H groups in total. The third kappa shape index (κ3) is 9.51. The number of rotatable bonds is 10. The van der Waals surface area contributed by atoms with Crippen molar-refractivity contribution in [3.05, 3.63) is 83.1 Å². The molecule has 0 atom stereocenters. The first-order valence-electron chi connectivity index (χ1n) is 10.9. The molecule has 2 rings (SSSR count). The number of ether oxygens (including phenoxy) is 1. The molecular weight excluding hydrogens is 448 g/mol. The molecule has 8 nitrogen and oxygen atoms in total. The second kappa shape index (κ2) is 13.3. The van der Waals surface area contributed by atoms with Crippen LogP contribution in [0.2, 0.25) is 0 Å². The number of amides is 2. The first-order valence-corrected chi connectivity index (χ1v) is 10.9. The van der Waals surface area contributed by atoms with Gasteiger partial charge in [-0.2, -0.15) is 0 Å². The molecule has 8 heteroatoms. The van der Waals surface area contributed by atoms with Gasteiger partial charge in [0, 0.05) is 25.2 Å². The second-order valence-electron chi connectivity index (χ2n) is 7.48. The van der Waals surface area contributed by atoms with Gasteiger partial charge in [0.25, 0.3) is 0 Å². The maximum atomic E-state index is 12.8. The van der Waals surface area contributed by atoms with Gasteiger partial charge in [-0.15, -0.1) is 0 Å². The van der Waals surface area contributed by atoms with Crippen LogP contribution in [-0.2, 0) is 23.9 Å². The topological polar surface area (TPSA) is 122 Å². The van der Waals surface area contributed by atoms with Crippen molar-refractivity contribution < 1.29 is 29.0 Å². The molecule has 35 heavy (non-hydrogen) atoms. The lowest BCUT2D eigenvalue weighted by Gasteiger charge is -2.06. The first-order chi connectivity index (χ1) is 16.7. The predicted octanol–water partition coefficient (Wildman–Crippen LogP) is 4.66. The molecule has 0 saturated heterocycles. The molecule has 0 aliphatic carbocycles. The van der Waals surface area contributed by atoms with E-state index in [1.165, 1.54) is 26.0 Å². The van der Waals surface area contributed by atoms with Crippen LogP contribution in [0.5, 0.6) is 0 Å². The number of ketones is 1. The summed E-state index contributed by atoms with van der Waals surface area (Å²) in [6, 6.07) is 13.7. The van der Waals surface area contributed by atoms with Crippen molar-refractivity contribution in [1.82, 2.24) is 0 Å². The van der Waals surface area contributed by atoms with Crippen LogP contribution in [0, 0.1) is 0 Å². The van der Waals surface area contributed by atoms with Crippen molar-refractivity contribution in [2.45, 2.75) is 27.2 Å². The number of hydrogen-bond acceptors (Lipinski definition) is 6. The lowest BCUT2D eigenvalue weighted by atomic mass is 10.0. The number of carbonyl (C=O) groups is 4. The summed E-state index contributed by atoms with van der Waals surface area (Å²) in [7, 11) is 0. The highest BCUT2D eigenvalue weighted by Crippen LogP contribution is 2.17. The molecule has 0 bridgehead atoms. The Hall–Kier alpha value is -4.46. The number of aliphatic hydroxyl groups excluding tert-OH is 1. The number of anilines is 2. The van der Waals surface area contributed by atoms with Gasteiger partial charge in [0.15, 0.2) is 5.78 Å². The lowest BCUT2D eigenvalue weighted by Crippen LogP contribution is -2.11. The Morgan fingerprint density at radius 1 is 0.800 bits per heavy atom. The van der Waals surface area contributed by atoms with Gasteiger partial charge < -0.3 is 20.5 Å². The Bertz CT molecular complexity index is 1160. The van der Waals surface area contributed by atoms with Crippen molar-refractivity contribution in [3.8, 4) is 0 Å². The summed E-state index contributed by atoms with van der Waals surface area (Å²) in [5, 5.41) is 15.9. The maximum Gasteiger partial charge on any atom is 0.310 e. The van der Waals surface area contributed by atoms with E-state index in [-0.39, 0.29) is 29.8 Å². The van der Waals surface area contributed by atoms with E-state index < -0.39 is 18.2 Å². The van der Waals surface area contributed by atoms with Crippen LogP contribution in [0.25, 0.3) is 12.2 Å². The van der Waals surface area contributed by atoms with Gasteiger partial charge in [-0.1, -0.05) is 36.4 Å². The molecule has 0 heterocycles. The van der Waals surface area contributed by atoms with Crippen LogP contribution in [0.15, 0.2) is 72.0 Å². The molecule has 0 aromatic heterocycles. The van der Waals surface area contributed by atoms with Crippen LogP contribution in [-0.4, -0.2) is 35.3 Å². The molecule has 0 aliphatic rings. The zero-order valence-electron chi connectivity index (χ0n) is 19.8. The summed E-state index contributed by atoms with van der Waals surface area (Å²) in [6.07, 6.45) is 5.32. The molecule has 0 fully saturated rings. The molecule has 0 aliphatic heterocycles. The largest absolute Gasteiger partial charge is 0.508 e. The van der Waals surface area contributed by atoms with E-state index in [0.717, 1.165) is 0 Å². The quantitative estimate of drug-likeness (QED) is 0.198. The zero-order valence-corrected chi connectivity index (χ0v) is 19.8. The first kappa shape index (κ1) is 26.8. The zero-order chi connectivity index (χ0) is 25.8. The van der Waals surface area contributed by atoms with Crippen molar-refractivity contribution in [1.29, 1.82) is 0 Å². The predicted molar refractivity (Wildman–Crippen MR) is 135 cm³/mol. The summed E-state index contributed by atoms with van der Waals surface area (Å²) in [6.45, 7) is 4.62. The molecule has 0 radical (unpaired) electrons. The Kier molecular flexibility index (Phi) is 10.2. The highest BCUT2D eigenvalue weighted by atomic mass is 16.5. The van der Waals surface area contributed by atoms with Gasteiger partial charge in [-0.05, 0) is 54.5 Å². The third-order valence-electron chi connectivity index (χ3n) is 4.56. The maximum absolute atomic E-state index is 12.8. The van der Waals surface area contributed by atoms with Gasteiger partial charge in [-0.3, -0.25) is 19.2 Å². The summed E-state index contributed by atoms with van der Waals surface area (Å²) in [5.74, 6) is -1.92. The third-order valence-corrected chi connectivity index (χ3v) is 4.56. The summed E-state index contributed by atoms with van der Waals surface area (Å²) < 4.78 is 4.93. The van der Waals surface area contributed by atoms with Crippen LogP contribution in [0.1, 0.15) is 38.3 Å². The van der Waals surface area contributed by atoms with E-state index in [9.17, 15) is 24.3 Å². The molecule has 0 spiro atoms. The Morgan fingerprint density at radius 2 is 1.26 bits per heavy atom. The molecule has 2 aromatic rings. The average molecular weight is 477 g/mol. The molecule has 0 saturated carbocycles. The van der Waals surface area contributed by atoms with Gasteiger partial charge in [0.2, 0.25) is 11.8 Å². The van der Waals surface area contributed by atoms with E-state index in [2.05, 4.69) is 10.6 Å². The lowest BCUT2D eigenvalue weighted by molar-refractivity contribution is -0.142. The standard InChI is InChI=1S/C27H28N2O6/c1-4-35-27(34)17-24(25(32)15-9-20-5-11-22(12-6-20)28-18(2)30)26(33)16-10-21-7-13-23(14-8-21)29-19(3)31/h5-16,32H,4,17H2,1-3H3,(H,28,30)(H,29,31)/b15-9+,16-10+,25-24-. The fourth-order valence-corrected chi connectivity index (χ4v) is 2.97.